The van der Waals surface area contributed by atoms with Crippen molar-refractivity contribution in [2.24, 2.45) is 0 Å². The summed E-state index contributed by atoms with van der Waals surface area (Å²) in [6.07, 6.45) is 0. The summed E-state index contributed by atoms with van der Waals surface area (Å²) in [6, 6.07) is 13.6. The minimum atomic E-state index is -0.627. The number of rotatable bonds is 2. The van der Waals surface area contributed by atoms with Crippen molar-refractivity contribution in [2.45, 2.75) is 0 Å². The largest absolute Gasteiger partial charge is 0.422 e. The molecule has 8 heteroatoms. The second-order valence-electron chi connectivity index (χ2n) is 6.85. The Hall–Kier alpha value is -3.26. The highest BCUT2D eigenvalue weighted by molar-refractivity contribution is 7.22. The number of carbonyl (C=O) groups excluding carboxylic acids is 1. The Labute approximate surface area is 168 Å². The van der Waals surface area contributed by atoms with Crippen molar-refractivity contribution in [3.63, 3.8) is 0 Å². The molecule has 0 atom stereocenters. The Morgan fingerprint density at radius 3 is 2.66 bits per heavy atom. The highest BCUT2D eigenvalue weighted by Crippen LogP contribution is 2.30. The van der Waals surface area contributed by atoms with Crippen molar-refractivity contribution in [2.75, 3.05) is 31.1 Å². The fourth-order valence-electron chi connectivity index (χ4n) is 3.52. The van der Waals surface area contributed by atoms with Gasteiger partial charge in [-0.05, 0) is 24.3 Å². The first-order chi connectivity index (χ1) is 14.1. The molecule has 0 spiro atoms. The lowest BCUT2D eigenvalue weighted by Crippen LogP contribution is -2.49. The lowest BCUT2D eigenvalue weighted by Gasteiger charge is -2.34. The van der Waals surface area contributed by atoms with E-state index >= 15 is 0 Å². The SMILES string of the molecule is O=C(c1cc2ccccc2oc1=O)N1CCN(c2nc3c(F)cccc3s2)CC1. The lowest BCUT2D eigenvalue weighted by atomic mass is 10.1. The van der Waals surface area contributed by atoms with Crippen LogP contribution in [0, 0.1) is 5.82 Å². The van der Waals surface area contributed by atoms with Crippen molar-refractivity contribution >= 4 is 43.6 Å². The van der Waals surface area contributed by atoms with Gasteiger partial charge in [0, 0.05) is 31.6 Å². The molecule has 5 rings (SSSR count). The van der Waals surface area contributed by atoms with Gasteiger partial charge < -0.3 is 14.2 Å². The predicted molar refractivity (Wildman–Crippen MR) is 110 cm³/mol. The normalized spacial score (nSPS) is 14.7. The molecule has 1 fully saturated rings. The molecule has 4 aromatic rings. The zero-order chi connectivity index (χ0) is 20.0. The number of aromatic nitrogens is 1. The molecule has 0 N–H and O–H groups in total. The van der Waals surface area contributed by atoms with E-state index < -0.39 is 5.63 Å². The van der Waals surface area contributed by atoms with Crippen molar-refractivity contribution < 1.29 is 13.6 Å². The van der Waals surface area contributed by atoms with Gasteiger partial charge in [0.25, 0.3) is 5.91 Å². The van der Waals surface area contributed by atoms with Crippen LogP contribution in [0.15, 0.2) is 57.7 Å². The Morgan fingerprint density at radius 2 is 1.86 bits per heavy atom. The van der Waals surface area contributed by atoms with Crippen LogP contribution in [0.4, 0.5) is 9.52 Å². The summed E-state index contributed by atoms with van der Waals surface area (Å²) in [5.74, 6) is -0.665. The molecule has 1 saturated heterocycles. The third-order valence-corrected chi connectivity index (χ3v) is 6.15. The predicted octanol–water partition coefficient (Wildman–Crippen LogP) is 3.50. The van der Waals surface area contributed by atoms with E-state index in [1.54, 1.807) is 35.2 Å². The van der Waals surface area contributed by atoms with Crippen LogP contribution in [-0.2, 0) is 0 Å². The number of amides is 1. The average Bonchev–Trinajstić information content (AvgIpc) is 3.19. The summed E-state index contributed by atoms with van der Waals surface area (Å²) in [4.78, 5) is 33.2. The fourth-order valence-corrected chi connectivity index (χ4v) is 4.55. The molecule has 6 nitrogen and oxygen atoms in total. The van der Waals surface area contributed by atoms with Crippen molar-refractivity contribution in [1.82, 2.24) is 9.88 Å². The van der Waals surface area contributed by atoms with E-state index in [-0.39, 0.29) is 17.3 Å². The van der Waals surface area contributed by atoms with E-state index in [9.17, 15) is 14.0 Å². The monoisotopic (exact) mass is 409 g/mol. The third-order valence-electron chi connectivity index (χ3n) is 5.07. The van der Waals surface area contributed by atoms with Crippen LogP contribution >= 0.6 is 11.3 Å². The number of halogens is 1. The lowest BCUT2D eigenvalue weighted by molar-refractivity contribution is 0.0742. The number of fused-ring (bicyclic) bond motifs is 2. The smallest absolute Gasteiger partial charge is 0.349 e. The van der Waals surface area contributed by atoms with Crippen molar-refractivity contribution in [3.8, 4) is 0 Å². The zero-order valence-electron chi connectivity index (χ0n) is 15.3. The number of anilines is 1. The number of para-hydroxylation sites is 2. The van der Waals surface area contributed by atoms with Gasteiger partial charge in [-0.15, -0.1) is 0 Å². The van der Waals surface area contributed by atoms with Gasteiger partial charge in [0.2, 0.25) is 0 Å². The molecule has 3 heterocycles. The fraction of sp³-hybridized carbons (Fsp3) is 0.190. The molecule has 1 aliphatic rings. The Kier molecular flexibility index (Phi) is 4.28. The molecular formula is C21H16FN3O3S. The minimum absolute atomic E-state index is 0.0409. The standard InChI is InChI=1S/C21H16FN3O3S/c22-15-5-3-7-17-18(15)23-21(29-17)25-10-8-24(9-11-25)19(26)14-12-13-4-1-2-6-16(13)28-20(14)27/h1-7,12H,8-11H2. The van der Waals surface area contributed by atoms with E-state index in [4.69, 9.17) is 4.42 Å². The summed E-state index contributed by atoms with van der Waals surface area (Å²) < 4.78 is 20.0. The van der Waals surface area contributed by atoms with Gasteiger partial charge in [-0.2, -0.15) is 0 Å². The van der Waals surface area contributed by atoms with Gasteiger partial charge in [0.1, 0.15) is 22.5 Å². The maximum atomic E-state index is 13.9. The maximum Gasteiger partial charge on any atom is 0.349 e. The number of nitrogens with zero attached hydrogens (tertiary/aromatic N) is 3. The van der Waals surface area contributed by atoms with Crippen LogP contribution in [0.25, 0.3) is 21.2 Å². The van der Waals surface area contributed by atoms with E-state index in [0.717, 1.165) is 9.83 Å². The van der Waals surface area contributed by atoms with Crippen LogP contribution in [0.5, 0.6) is 0 Å². The molecule has 0 aliphatic carbocycles. The number of benzene rings is 2. The van der Waals surface area contributed by atoms with Crippen LogP contribution in [0.3, 0.4) is 0 Å². The summed E-state index contributed by atoms with van der Waals surface area (Å²) in [7, 11) is 0. The van der Waals surface area contributed by atoms with Gasteiger partial charge in [-0.25, -0.2) is 14.2 Å². The average molecular weight is 409 g/mol. The zero-order valence-corrected chi connectivity index (χ0v) is 16.1. The summed E-state index contributed by atoms with van der Waals surface area (Å²) in [6.45, 7) is 2.02. The molecule has 0 saturated carbocycles. The molecule has 1 aliphatic heterocycles. The number of carbonyl (C=O) groups is 1. The molecular weight excluding hydrogens is 393 g/mol. The Balaban J connectivity index is 1.35. The van der Waals surface area contributed by atoms with Gasteiger partial charge in [-0.1, -0.05) is 35.6 Å². The molecule has 146 valence electrons. The van der Waals surface area contributed by atoms with Gasteiger partial charge in [-0.3, -0.25) is 4.79 Å². The first-order valence-electron chi connectivity index (χ1n) is 9.22. The van der Waals surface area contributed by atoms with Crippen LogP contribution in [-0.4, -0.2) is 42.0 Å². The number of hydrogen-bond donors (Lipinski definition) is 0. The maximum absolute atomic E-state index is 13.9. The molecule has 1 amide bonds. The second kappa shape index (κ2) is 6.97. The van der Waals surface area contributed by atoms with E-state index in [2.05, 4.69) is 4.98 Å². The topological polar surface area (TPSA) is 66.7 Å². The Morgan fingerprint density at radius 1 is 1.07 bits per heavy atom. The summed E-state index contributed by atoms with van der Waals surface area (Å²) in [5.41, 5.74) is 0.249. The molecule has 0 unspecified atom stereocenters. The number of thiazole rings is 1. The van der Waals surface area contributed by atoms with Gasteiger partial charge in [0.15, 0.2) is 5.13 Å². The third kappa shape index (κ3) is 3.15. The molecule has 0 bridgehead atoms. The Bertz CT molecular complexity index is 1290. The summed E-state index contributed by atoms with van der Waals surface area (Å²) in [5, 5.41) is 1.45. The summed E-state index contributed by atoms with van der Waals surface area (Å²) >= 11 is 1.43. The van der Waals surface area contributed by atoms with Crippen molar-refractivity contribution in [3.05, 3.63) is 70.3 Å². The minimum Gasteiger partial charge on any atom is -0.422 e. The first-order valence-corrected chi connectivity index (χ1v) is 10.0. The van der Waals surface area contributed by atoms with E-state index in [0.29, 0.717) is 42.7 Å². The van der Waals surface area contributed by atoms with Crippen LogP contribution in [0.1, 0.15) is 10.4 Å². The highest BCUT2D eigenvalue weighted by atomic mass is 32.1. The van der Waals surface area contributed by atoms with Crippen molar-refractivity contribution in [1.29, 1.82) is 0 Å². The number of piperazine rings is 1. The van der Waals surface area contributed by atoms with E-state index in [1.165, 1.54) is 17.4 Å². The quantitative estimate of drug-likeness (QED) is 0.474. The number of hydrogen-bond acceptors (Lipinski definition) is 6. The molecule has 0 radical (unpaired) electrons. The molecule has 29 heavy (non-hydrogen) atoms. The van der Waals surface area contributed by atoms with Crippen LogP contribution in [0.2, 0.25) is 0 Å². The van der Waals surface area contributed by atoms with E-state index in [1.807, 2.05) is 17.0 Å². The second-order valence-corrected chi connectivity index (χ2v) is 7.86. The van der Waals surface area contributed by atoms with Gasteiger partial charge >= 0.3 is 5.63 Å². The van der Waals surface area contributed by atoms with Crippen LogP contribution < -0.4 is 10.5 Å². The molecule has 2 aromatic heterocycles. The molecule has 2 aromatic carbocycles. The van der Waals surface area contributed by atoms with Gasteiger partial charge in [0.05, 0.1) is 4.70 Å². The highest BCUT2D eigenvalue weighted by Gasteiger charge is 2.26. The first kappa shape index (κ1) is 17.8.